The molecule has 0 spiro atoms. The van der Waals surface area contributed by atoms with Crippen molar-refractivity contribution in [2.24, 2.45) is 0 Å². The van der Waals surface area contributed by atoms with Crippen molar-refractivity contribution in [2.75, 3.05) is 37.2 Å². The number of nitrogens with zero attached hydrogens (tertiary/aromatic N) is 1. The maximum atomic E-state index is 13.0. The van der Waals surface area contributed by atoms with Gasteiger partial charge in [-0.1, -0.05) is 12.1 Å². The number of hydrogen-bond donors (Lipinski definition) is 0. The van der Waals surface area contributed by atoms with Crippen molar-refractivity contribution in [3.8, 4) is 11.5 Å². The number of hydrogen-bond acceptors (Lipinski definition) is 7. The van der Waals surface area contributed by atoms with E-state index in [2.05, 4.69) is 0 Å². The summed E-state index contributed by atoms with van der Waals surface area (Å²) >= 11 is 0. The van der Waals surface area contributed by atoms with Crippen LogP contribution in [0.2, 0.25) is 0 Å². The van der Waals surface area contributed by atoms with E-state index < -0.39 is 21.8 Å². The fourth-order valence-electron chi connectivity index (χ4n) is 3.78. The second-order valence-corrected chi connectivity index (χ2v) is 9.64. The topological polar surface area (TPSA) is 99.2 Å². The fourth-order valence-corrected chi connectivity index (χ4v) is 4.69. The largest absolute Gasteiger partial charge is 0.493 e. The van der Waals surface area contributed by atoms with Crippen molar-refractivity contribution in [2.45, 2.75) is 26.3 Å². The third-order valence-electron chi connectivity index (χ3n) is 5.11. The molecular formula is C23H27NO7S. The predicted molar refractivity (Wildman–Crippen MR) is 120 cm³/mol. The Bertz CT molecular complexity index is 1130. The number of anilines is 1. The van der Waals surface area contributed by atoms with Crippen molar-refractivity contribution >= 4 is 27.4 Å². The van der Waals surface area contributed by atoms with Gasteiger partial charge in [-0.15, -0.1) is 0 Å². The number of carbonyl (C=O) groups is 2. The molecule has 32 heavy (non-hydrogen) atoms. The third kappa shape index (κ3) is 5.04. The lowest BCUT2D eigenvalue weighted by molar-refractivity contribution is -0.117. The molecule has 1 heterocycles. The molecule has 172 valence electrons. The molecule has 1 aliphatic heterocycles. The molecule has 0 aliphatic carbocycles. The Morgan fingerprint density at radius 3 is 2.47 bits per heavy atom. The van der Waals surface area contributed by atoms with E-state index in [4.69, 9.17) is 14.2 Å². The van der Waals surface area contributed by atoms with Crippen LogP contribution in [0.4, 0.5) is 5.69 Å². The summed E-state index contributed by atoms with van der Waals surface area (Å²) in [6.07, 6.45) is 1.25. The van der Waals surface area contributed by atoms with Crippen LogP contribution in [0.15, 0.2) is 36.4 Å². The lowest BCUT2D eigenvalue weighted by Crippen LogP contribution is -2.36. The van der Waals surface area contributed by atoms with Gasteiger partial charge < -0.3 is 19.1 Å². The van der Waals surface area contributed by atoms with Crippen LogP contribution in [0.1, 0.15) is 41.4 Å². The van der Waals surface area contributed by atoms with E-state index in [1.165, 1.54) is 12.0 Å². The van der Waals surface area contributed by atoms with Gasteiger partial charge in [0.25, 0.3) is 0 Å². The Balaban J connectivity index is 2.12. The standard InChI is InChI=1S/C23H27NO7S/c1-5-30-21-12-15(9-10-20(21)29-3)19(14-32(4,27)28)24-18-11-17(23(26)31-6-2)8-7-16(18)13-22(24)25/h7-12,19H,5-6,13-14H2,1-4H3/t19-/m1/s1. The van der Waals surface area contributed by atoms with Crippen LogP contribution in [0, 0.1) is 0 Å². The van der Waals surface area contributed by atoms with Crippen molar-refractivity contribution in [3.05, 3.63) is 53.1 Å². The van der Waals surface area contributed by atoms with Gasteiger partial charge >= 0.3 is 5.97 Å². The number of carbonyl (C=O) groups excluding carboxylic acids is 2. The molecule has 1 amide bonds. The van der Waals surface area contributed by atoms with Crippen LogP contribution in [0.3, 0.4) is 0 Å². The minimum absolute atomic E-state index is 0.118. The molecule has 0 fully saturated rings. The Kier molecular flexibility index (Phi) is 7.08. The van der Waals surface area contributed by atoms with Crippen molar-refractivity contribution in [3.63, 3.8) is 0 Å². The highest BCUT2D eigenvalue weighted by Gasteiger charge is 2.36. The van der Waals surface area contributed by atoms with E-state index in [0.717, 1.165) is 11.8 Å². The number of sulfone groups is 1. The van der Waals surface area contributed by atoms with Crippen LogP contribution < -0.4 is 14.4 Å². The van der Waals surface area contributed by atoms with Crippen LogP contribution in [0.5, 0.6) is 11.5 Å². The van der Waals surface area contributed by atoms with Gasteiger partial charge in [0.05, 0.1) is 44.1 Å². The molecule has 0 saturated heterocycles. The second kappa shape index (κ2) is 9.60. The Morgan fingerprint density at radius 2 is 1.84 bits per heavy atom. The number of ether oxygens (including phenoxy) is 3. The average molecular weight is 462 g/mol. The lowest BCUT2D eigenvalue weighted by atomic mass is 10.0. The predicted octanol–water partition coefficient (Wildman–Crippen LogP) is 2.95. The summed E-state index contributed by atoms with van der Waals surface area (Å²) in [5.74, 6) is -0.0786. The third-order valence-corrected chi connectivity index (χ3v) is 6.03. The number of methoxy groups -OCH3 is 1. The highest BCUT2D eigenvalue weighted by atomic mass is 32.2. The first kappa shape index (κ1) is 23.6. The highest BCUT2D eigenvalue weighted by molar-refractivity contribution is 7.90. The molecular weight excluding hydrogens is 434 g/mol. The van der Waals surface area contributed by atoms with E-state index in [9.17, 15) is 18.0 Å². The highest BCUT2D eigenvalue weighted by Crippen LogP contribution is 2.39. The molecule has 0 radical (unpaired) electrons. The number of fused-ring (bicyclic) bond motifs is 1. The van der Waals surface area contributed by atoms with Gasteiger partial charge in [0.15, 0.2) is 11.5 Å². The summed E-state index contributed by atoms with van der Waals surface area (Å²) in [7, 11) is -1.95. The molecule has 3 rings (SSSR count). The minimum Gasteiger partial charge on any atom is -0.493 e. The molecule has 0 unspecified atom stereocenters. The number of amides is 1. The Morgan fingerprint density at radius 1 is 1.09 bits per heavy atom. The van der Waals surface area contributed by atoms with Gasteiger partial charge in [-0.25, -0.2) is 13.2 Å². The van der Waals surface area contributed by atoms with Gasteiger partial charge in [0.1, 0.15) is 9.84 Å². The van der Waals surface area contributed by atoms with Crippen molar-refractivity contribution < 1.29 is 32.2 Å². The van der Waals surface area contributed by atoms with Crippen LogP contribution in [0.25, 0.3) is 0 Å². The molecule has 2 aromatic carbocycles. The van der Waals surface area contributed by atoms with Crippen molar-refractivity contribution in [1.29, 1.82) is 0 Å². The SMILES string of the molecule is CCOC(=O)c1ccc2c(c1)N([C@H](CS(C)(=O)=O)c1ccc(OC)c(OCC)c1)C(=O)C2. The van der Waals surface area contributed by atoms with E-state index in [-0.39, 0.29) is 24.7 Å². The Labute approximate surface area is 188 Å². The van der Waals surface area contributed by atoms with E-state index in [0.29, 0.717) is 34.9 Å². The number of esters is 1. The summed E-state index contributed by atoms with van der Waals surface area (Å²) in [5, 5.41) is 0. The Hall–Kier alpha value is -3.07. The summed E-state index contributed by atoms with van der Waals surface area (Å²) in [4.78, 5) is 26.7. The van der Waals surface area contributed by atoms with E-state index >= 15 is 0 Å². The maximum absolute atomic E-state index is 13.0. The minimum atomic E-state index is -3.47. The van der Waals surface area contributed by atoms with Gasteiger partial charge in [0.2, 0.25) is 5.91 Å². The summed E-state index contributed by atoms with van der Waals surface area (Å²) in [5.41, 5.74) is 2.11. The van der Waals surface area contributed by atoms with Gasteiger partial charge in [-0.3, -0.25) is 4.79 Å². The molecule has 8 nitrogen and oxygen atoms in total. The first-order valence-electron chi connectivity index (χ1n) is 10.3. The zero-order chi connectivity index (χ0) is 23.5. The smallest absolute Gasteiger partial charge is 0.338 e. The lowest BCUT2D eigenvalue weighted by Gasteiger charge is -2.29. The quantitative estimate of drug-likeness (QED) is 0.530. The molecule has 9 heteroatoms. The molecule has 1 atom stereocenters. The van der Waals surface area contributed by atoms with Gasteiger partial charge in [-0.05, 0) is 49.2 Å². The first-order valence-corrected chi connectivity index (χ1v) is 12.3. The number of rotatable bonds is 9. The molecule has 1 aliphatic rings. The normalized spacial score (nSPS) is 14.1. The molecule has 0 N–H and O–H groups in total. The fraction of sp³-hybridized carbons (Fsp3) is 0.391. The molecule has 0 bridgehead atoms. The monoisotopic (exact) mass is 461 g/mol. The molecule has 0 aromatic heterocycles. The van der Waals surface area contributed by atoms with Crippen LogP contribution in [-0.2, 0) is 25.8 Å². The van der Waals surface area contributed by atoms with E-state index in [1.54, 1.807) is 43.3 Å². The summed E-state index contributed by atoms with van der Waals surface area (Å²) < 4.78 is 40.7. The van der Waals surface area contributed by atoms with Crippen LogP contribution >= 0.6 is 0 Å². The summed E-state index contributed by atoms with van der Waals surface area (Å²) in [6, 6.07) is 9.19. The summed E-state index contributed by atoms with van der Waals surface area (Å²) in [6.45, 7) is 4.16. The van der Waals surface area contributed by atoms with Crippen LogP contribution in [-0.4, -0.2) is 52.6 Å². The van der Waals surface area contributed by atoms with E-state index in [1.807, 2.05) is 6.92 Å². The average Bonchev–Trinajstić information content (AvgIpc) is 3.06. The van der Waals surface area contributed by atoms with Gasteiger partial charge in [0, 0.05) is 11.9 Å². The zero-order valence-corrected chi connectivity index (χ0v) is 19.4. The first-order chi connectivity index (χ1) is 15.2. The molecule has 0 saturated carbocycles. The second-order valence-electron chi connectivity index (χ2n) is 7.46. The van der Waals surface area contributed by atoms with Crippen molar-refractivity contribution in [1.82, 2.24) is 0 Å². The zero-order valence-electron chi connectivity index (χ0n) is 18.6. The maximum Gasteiger partial charge on any atom is 0.338 e. The number of benzene rings is 2. The molecule has 2 aromatic rings. The van der Waals surface area contributed by atoms with Gasteiger partial charge in [-0.2, -0.15) is 0 Å².